The van der Waals surface area contributed by atoms with Crippen LogP contribution in [-0.4, -0.2) is 51.7 Å². The van der Waals surface area contributed by atoms with E-state index in [1.54, 1.807) is 6.92 Å². The van der Waals surface area contributed by atoms with E-state index in [0.29, 0.717) is 11.4 Å². The molecule has 1 aliphatic heterocycles. The van der Waals surface area contributed by atoms with E-state index < -0.39 is 12.0 Å². The fraction of sp³-hybridized carbons (Fsp3) is 0.444. The van der Waals surface area contributed by atoms with Crippen LogP contribution >= 0.6 is 11.5 Å². The molecule has 1 N–H and O–H groups in total. The third-order valence-electron chi connectivity index (χ3n) is 4.06. The molecule has 0 amide bonds. The minimum absolute atomic E-state index is 0.0463. The number of aromatic nitrogens is 2. The Kier molecular flexibility index (Phi) is 6.45. The van der Waals surface area contributed by atoms with Crippen LogP contribution in [0.5, 0.6) is 17.5 Å². The van der Waals surface area contributed by atoms with Gasteiger partial charge in [0.15, 0.2) is 6.04 Å². The van der Waals surface area contributed by atoms with Gasteiger partial charge < -0.3 is 24.2 Å². The molecule has 0 spiro atoms. The number of azo groups is 1. The Morgan fingerprint density at radius 3 is 2.83 bits per heavy atom. The van der Waals surface area contributed by atoms with Gasteiger partial charge in [-0.15, -0.1) is 14.6 Å². The highest BCUT2D eigenvalue weighted by Gasteiger charge is 2.36. The normalized spacial score (nSPS) is 15.8. The molecule has 0 radical (unpaired) electrons. The lowest BCUT2D eigenvalue weighted by molar-refractivity contribution is -0.146. The van der Waals surface area contributed by atoms with Gasteiger partial charge in [-0.1, -0.05) is 0 Å². The predicted octanol–water partition coefficient (Wildman–Crippen LogP) is 3.12. The molecule has 1 aliphatic rings. The summed E-state index contributed by atoms with van der Waals surface area (Å²) in [6.07, 6.45) is 0. The summed E-state index contributed by atoms with van der Waals surface area (Å²) in [6, 6.07) is 2.22. The number of carbonyl (C=O) groups is 2. The number of phenolic OH excluding ortho intramolecular Hbond substituents is 1. The average Bonchev–Trinajstić information content (AvgIpc) is 3.12. The van der Waals surface area contributed by atoms with Crippen molar-refractivity contribution in [2.45, 2.75) is 39.8 Å². The average molecular weight is 435 g/mol. The van der Waals surface area contributed by atoms with Crippen molar-refractivity contribution >= 4 is 40.0 Å². The standard InChI is InChI=1S/C18H21N5O6S/c1-5-27-16(26)13-8-28-15-6-11(14(25)7-12(15)23(13)9(2)3)20-21-18-19-17(22-30-18)29-10(4)24/h6-7,9,13,25H,5,8H2,1-4H3. The summed E-state index contributed by atoms with van der Waals surface area (Å²) in [6.45, 7) is 7.22. The van der Waals surface area contributed by atoms with Crippen molar-refractivity contribution in [2.75, 3.05) is 18.1 Å². The summed E-state index contributed by atoms with van der Waals surface area (Å²) in [5, 5.41) is 18.5. The van der Waals surface area contributed by atoms with Crippen molar-refractivity contribution in [1.82, 2.24) is 9.36 Å². The van der Waals surface area contributed by atoms with Crippen LogP contribution in [0.3, 0.4) is 0 Å². The molecule has 1 aromatic heterocycles. The minimum Gasteiger partial charge on any atom is -0.506 e. The van der Waals surface area contributed by atoms with Gasteiger partial charge in [0.25, 0.3) is 5.13 Å². The van der Waals surface area contributed by atoms with E-state index in [2.05, 4.69) is 19.6 Å². The number of hydrogen-bond donors (Lipinski definition) is 1. The number of nitrogens with zero attached hydrogens (tertiary/aromatic N) is 5. The zero-order valence-corrected chi connectivity index (χ0v) is 17.7. The second-order valence-corrected chi connectivity index (χ2v) is 7.27. The van der Waals surface area contributed by atoms with Crippen LogP contribution in [0.4, 0.5) is 16.5 Å². The number of rotatable bonds is 6. The Balaban J connectivity index is 1.86. The molecule has 2 aromatic rings. The highest BCUT2D eigenvalue weighted by Crippen LogP contribution is 2.43. The number of anilines is 1. The van der Waals surface area contributed by atoms with Gasteiger partial charge in [-0.25, -0.2) is 4.79 Å². The van der Waals surface area contributed by atoms with Crippen LogP contribution in [0, 0.1) is 0 Å². The van der Waals surface area contributed by atoms with E-state index in [0.717, 1.165) is 11.5 Å². The van der Waals surface area contributed by atoms with Crippen molar-refractivity contribution in [2.24, 2.45) is 10.2 Å². The molecule has 0 fully saturated rings. The molecule has 1 atom stereocenters. The second kappa shape index (κ2) is 9.03. The third kappa shape index (κ3) is 4.64. The zero-order chi connectivity index (χ0) is 21.8. The van der Waals surface area contributed by atoms with Crippen LogP contribution < -0.4 is 14.4 Å². The maximum atomic E-state index is 12.3. The Hall–Kier alpha value is -3.28. The zero-order valence-electron chi connectivity index (χ0n) is 16.9. The van der Waals surface area contributed by atoms with E-state index in [-0.39, 0.29) is 47.8 Å². The van der Waals surface area contributed by atoms with Crippen LogP contribution in [0.15, 0.2) is 22.4 Å². The first-order chi connectivity index (χ1) is 14.3. The number of hydrogen-bond acceptors (Lipinski definition) is 12. The Bertz CT molecular complexity index is 976. The Labute approximate surface area is 176 Å². The summed E-state index contributed by atoms with van der Waals surface area (Å²) in [4.78, 5) is 29.0. The lowest BCUT2D eigenvalue weighted by Gasteiger charge is -2.39. The van der Waals surface area contributed by atoms with Crippen LogP contribution in [-0.2, 0) is 14.3 Å². The quantitative estimate of drug-likeness (QED) is 0.536. The molecule has 0 bridgehead atoms. The highest BCUT2D eigenvalue weighted by atomic mass is 32.1. The number of fused-ring (bicyclic) bond motifs is 1. The Morgan fingerprint density at radius 2 is 2.17 bits per heavy atom. The van der Waals surface area contributed by atoms with Crippen LogP contribution in [0.2, 0.25) is 0 Å². The molecule has 0 aliphatic carbocycles. The molecule has 3 rings (SSSR count). The topological polar surface area (TPSA) is 136 Å². The number of aromatic hydroxyl groups is 1. The molecule has 0 saturated carbocycles. The first kappa shape index (κ1) is 21.4. The fourth-order valence-corrected chi connectivity index (χ4v) is 3.36. The van der Waals surface area contributed by atoms with Crippen molar-refractivity contribution in [3.8, 4) is 17.5 Å². The van der Waals surface area contributed by atoms with Gasteiger partial charge in [0.05, 0.1) is 12.3 Å². The minimum atomic E-state index is -0.620. The number of ether oxygens (including phenoxy) is 3. The largest absolute Gasteiger partial charge is 0.506 e. The van der Waals surface area contributed by atoms with E-state index in [4.69, 9.17) is 14.2 Å². The molecule has 0 saturated heterocycles. The summed E-state index contributed by atoms with van der Waals surface area (Å²) < 4.78 is 19.5. The van der Waals surface area contributed by atoms with Gasteiger partial charge in [-0.05, 0) is 20.8 Å². The molecular weight excluding hydrogens is 414 g/mol. The van der Waals surface area contributed by atoms with Gasteiger partial charge in [-0.3, -0.25) is 4.79 Å². The lowest BCUT2D eigenvalue weighted by atomic mass is 10.1. The molecular formula is C18H21N5O6S. The van der Waals surface area contributed by atoms with Crippen molar-refractivity contribution in [1.29, 1.82) is 0 Å². The van der Waals surface area contributed by atoms with Gasteiger partial charge >= 0.3 is 17.9 Å². The third-order valence-corrected chi connectivity index (χ3v) is 4.64. The molecule has 1 aromatic carbocycles. The second-order valence-electron chi connectivity index (χ2n) is 6.54. The predicted molar refractivity (Wildman–Crippen MR) is 107 cm³/mol. The summed E-state index contributed by atoms with van der Waals surface area (Å²) in [7, 11) is 0. The monoisotopic (exact) mass is 435 g/mol. The maximum Gasteiger partial charge on any atom is 0.338 e. The first-order valence-electron chi connectivity index (χ1n) is 9.18. The summed E-state index contributed by atoms with van der Waals surface area (Å²) in [5.74, 6) is -0.633. The van der Waals surface area contributed by atoms with E-state index in [9.17, 15) is 14.7 Å². The number of phenols is 1. The van der Waals surface area contributed by atoms with Gasteiger partial charge in [0.2, 0.25) is 0 Å². The van der Waals surface area contributed by atoms with Gasteiger partial charge in [-0.2, -0.15) is 4.98 Å². The van der Waals surface area contributed by atoms with E-state index in [1.165, 1.54) is 19.1 Å². The number of carbonyl (C=O) groups excluding carboxylic acids is 2. The Morgan fingerprint density at radius 1 is 1.40 bits per heavy atom. The van der Waals surface area contributed by atoms with Crippen molar-refractivity contribution in [3.05, 3.63) is 12.1 Å². The smallest absolute Gasteiger partial charge is 0.338 e. The van der Waals surface area contributed by atoms with Crippen LogP contribution in [0.1, 0.15) is 27.7 Å². The number of esters is 2. The first-order valence-corrected chi connectivity index (χ1v) is 9.96. The SMILES string of the molecule is CCOC(=O)C1COc2cc(N=Nc3nc(OC(C)=O)ns3)c(O)cc2N1C(C)C. The van der Waals surface area contributed by atoms with Crippen molar-refractivity contribution in [3.63, 3.8) is 0 Å². The summed E-state index contributed by atoms with van der Waals surface area (Å²) in [5.41, 5.74) is 0.704. The maximum absolute atomic E-state index is 12.3. The number of benzene rings is 1. The molecule has 30 heavy (non-hydrogen) atoms. The van der Waals surface area contributed by atoms with Crippen molar-refractivity contribution < 1.29 is 28.9 Å². The molecule has 2 heterocycles. The fourth-order valence-electron chi connectivity index (χ4n) is 2.93. The van der Waals surface area contributed by atoms with Crippen LogP contribution in [0.25, 0.3) is 0 Å². The molecule has 11 nitrogen and oxygen atoms in total. The van der Waals surface area contributed by atoms with E-state index >= 15 is 0 Å². The van der Waals surface area contributed by atoms with Gasteiger partial charge in [0.1, 0.15) is 23.8 Å². The van der Waals surface area contributed by atoms with E-state index in [1.807, 2.05) is 18.7 Å². The molecule has 1 unspecified atom stereocenters. The molecule has 12 heteroatoms. The lowest BCUT2D eigenvalue weighted by Crippen LogP contribution is -2.52. The highest BCUT2D eigenvalue weighted by molar-refractivity contribution is 7.09. The van der Waals surface area contributed by atoms with Gasteiger partial charge in [0, 0.05) is 36.6 Å². The summed E-state index contributed by atoms with van der Waals surface area (Å²) >= 11 is 0.887. The molecule has 160 valence electrons.